The first-order chi connectivity index (χ1) is 8.87. The van der Waals surface area contributed by atoms with Crippen LogP contribution in [0.2, 0.25) is 0 Å². The molecule has 8 heteroatoms. The van der Waals surface area contributed by atoms with Crippen molar-refractivity contribution < 1.29 is 22.7 Å². The molecule has 0 fully saturated rings. The second-order valence-electron chi connectivity index (χ2n) is 3.71. The SMILES string of the molecule is CCNS(=O)(=O)CCNc1c(F)cccc1C(=O)O. The van der Waals surface area contributed by atoms with E-state index in [1.165, 1.54) is 12.1 Å². The minimum atomic E-state index is -3.43. The van der Waals surface area contributed by atoms with Crippen LogP contribution in [0, 0.1) is 5.82 Å². The molecule has 0 aliphatic rings. The third-order valence-corrected chi connectivity index (χ3v) is 3.75. The van der Waals surface area contributed by atoms with Gasteiger partial charge in [0.15, 0.2) is 0 Å². The van der Waals surface area contributed by atoms with Crippen molar-refractivity contribution in [3.63, 3.8) is 0 Å². The molecule has 0 saturated carbocycles. The first-order valence-corrected chi connectivity index (χ1v) is 7.25. The number of anilines is 1. The van der Waals surface area contributed by atoms with Crippen molar-refractivity contribution in [2.24, 2.45) is 0 Å². The Morgan fingerprint density at radius 2 is 2.11 bits per heavy atom. The van der Waals surface area contributed by atoms with Gasteiger partial charge in [-0.25, -0.2) is 22.3 Å². The lowest BCUT2D eigenvalue weighted by molar-refractivity contribution is 0.0697. The highest BCUT2D eigenvalue weighted by Crippen LogP contribution is 2.19. The maximum Gasteiger partial charge on any atom is 0.337 e. The summed E-state index contributed by atoms with van der Waals surface area (Å²) < 4.78 is 38.5. The van der Waals surface area contributed by atoms with Crippen molar-refractivity contribution in [2.45, 2.75) is 6.92 Å². The molecule has 0 spiro atoms. The van der Waals surface area contributed by atoms with Gasteiger partial charge in [-0.15, -0.1) is 0 Å². The van der Waals surface area contributed by atoms with Crippen LogP contribution >= 0.6 is 0 Å². The smallest absolute Gasteiger partial charge is 0.337 e. The van der Waals surface area contributed by atoms with E-state index in [1.54, 1.807) is 6.92 Å². The van der Waals surface area contributed by atoms with Crippen molar-refractivity contribution in [1.82, 2.24) is 4.72 Å². The minimum absolute atomic E-state index is 0.0868. The van der Waals surface area contributed by atoms with E-state index in [-0.39, 0.29) is 30.1 Å². The van der Waals surface area contributed by atoms with E-state index in [2.05, 4.69) is 10.0 Å². The maximum atomic E-state index is 13.5. The highest BCUT2D eigenvalue weighted by molar-refractivity contribution is 7.89. The molecule has 19 heavy (non-hydrogen) atoms. The number of rotatable bonds is 7. The van der Waals surface area contributed by atoms with E-state index in [0.717, 1.165) is 6.07 Å². The largest absolute Gasteiger partial charge is 0.478 e. The first-order valence-electron chi connectivity index (χ1n) is 5.60. The Bertz CT molecular complexity index is 560. The van der Waals surface area contributed by atoms with Crippen LogP contribution in [0.3, 0.4) is 0 Å². The lowest BCUT2D eigenvalue weighted by Gasteiger charge is -2.11. The summed E-state index contributed by atoms with van der Waals surface area (Å²) in [5.74, 6) is -2.29. The molecule has 0 aromatic heterocycles. The summed E-state index contributed by atoms with van der Waals surface area (Å²) in [5.41, 5.74) is -0.442. The molecule has 0 unspecified atom stereocenters. The van der Waals surface area contributed by atoms with E-state index in [4.69, 9.17) is 5.11 Å². The van der Waals surface area contributed by atoms with Crippen LogP contribution < -0.4 is 10.0 Å². The minimum Gasteiger partial charge on any atom is -0.478 e. The number of nitrogens with one attached hydrogen (secondary N) is 2. The van der Waals surface area contributed by atoms with Crippen molar-refractivity contribution in [1.29, 1.82) is 0 Å². The third-order valence-electron chi connectivity index (χ3n) is 2.28. The Balaban J connectivity index is 2.76. The molecule has 3 N–H and O–H groups in total. The molecule has 0 amide bonds. The molecule has 0 heterocycles. The zero-order chi connectivity index (χ0) is 14.5. The fourth-order valence-corrected chi connectivity index (χ4v) is 2.44. The van der Waals surface area contributed by atoms with Crippen molar-refractivity contribution in [2.75, 3.05) is 24.2 Å². The summed E-state index contributed by atoms with van der Waals surface area (Å²) in [5, 5.41) is 11.4. The zero-order valence-corrected chi connectivity index (χ0v) is 11.1. The van der Waals surface area contributed by atoms with E-state index in [0.29, 0.717) is 0 Å². The highest BCUT2D eigenvalue weighted by atomic mass is 32.2. The maximum absolute atomic E-state index is 13.5. The van der Waals surface area contributed by atoms with Gasteiger partial charge in [0, 0.05) is 13.1 Å². The fraction of sp³-hybridized carbons (Fsp3) is 0.364. The molecule has 1 aromatic carbocycles. The molecule has 1 aromatic rings. The predicted octanol–water partition coefficient (Wildman–Crippen LogP) is 0.875. The predicted molar refractivity (Wildman–Crippen MR) is 69.3 cm³/mol. The number of carbonyl (C=O) groups is 1. The average molecular weight is 290 g/mol. The van der Waals surface area contributed by atoms with Crippen LogP contribution in [0.5, 0.6) is 0 Å². The number of carboxylic acids is 1. The number of carboxylic acid groups (broad SMARTS) is 1. The lowest BCUT2D eigenvalue weighted by Crippen LogP contribution is -2.29. The standard InChI is InChI=1S/C11H15FN2O4S/c1-2-14-19(17,18)7-6-13-10-8(11(15)16)4-3-5-9(10)12/h3-5,13-14H,2,6-7H2,1H3,(H,15,16). The number of hydrogen-bond acceptors (Lipinski definition) is 4. The van der Waals surface area contributed by atoms with Crippen LogP contribution in [0.4, 0.5) is 10.1 Å². The first kappa shape index (κ1) is 15.4. The van der Waals surface area contributed by atoms with E-state index in [1.807, 2.05) is 0 Å². The second kappa shape index (κ2) is 6.48. The molecule has 1 rings (SSSR count). The summed E-state index contributed by atoms with van der Waals surface area (Å²) in [6.45, 7) is 1.82. The van der Waals surface area contributed by atoms with E-state index < -0.39 is 21.8 Å². The summed E-state index contributed by atoms with van der Waals surface area (Å²) in [7, 11) is -3.43. The van der Waals surface area contributed by atoms with Crippen molar-refractivity contribution >= 4 is 21.7 Å². The monoisotopic (exact) mass is 290 g/mol. The average Bonchev–Trinajstić information content (AvgIpc) is 2.30. The number of para-hydroxylation sites is 1. The van der Waals surface area contributed by atoms with Crippen molar-refractivity contribution in [3.8, 4) is 0 Å². The molecule has 0 aliphatic heterocycles. The van der Waals surface area contributed by atoms with Crippen LogP contribution in [0.1, 0.15) is 17.3 Å². The highest BCUT2D eigenvalue weighted by Gasteiger charge is 2.15. The van der Waals surface area contributed by atoms with Gasteiger partial charge >= 0.3 is 5.97 Å². The van der Waals surface area contributed by atoms with Crippen LogP contribution in [-0.2, 0) is 10.0 Å². The van der Waals surface area contributed by atoms with E-state index in [9.17, 15) is 17.6 Å². The van der Waals surface area contributed by atoms with Gasteiger partial charge in [0.05, 0.1) is 17.0 Å². The Morgan fingerprint density at radius 1 is 1.42 bits per heavy atom. The van der Waals surface area contributed by atoms with Crippen LogP contribution in [-0.4, -0.2) is 38.3 Å². The summed E-state index contributed by atoms with van der Waals surface area (Å²) >= 11 is 0. The fourth-order valence-electron chi connectivity index (χ4n) is 1.48. The Labute approximate surface area is 110 Å². The topological polar surface area (TPSA) is 95.5 Å². The summed E-state index contributed by atoms with van der Waals surface area (Å²) in [6, 6.07) is 3.62. The zero-order valence-electron chi connectivity index (χ0n) is 10.3. The third kappa shape index (κ3) is 4.49. The van der Waals surface area contributed by atoms with E-state index >= 15 is 0 Å². The molecular formula is C11H15FN2O4S. The summed E-state index contributed by atoms with van der Waals surface area (Å²) in [6.07, 6.45) is 0. The van der Waals surface area contributed by atoms with Gasteiger partial charge in [-0.05, 0) is 12.1 Å². The lowest BCUT2D eigenvalue weighted by atomic mass is 10.1. The number of halogens is 1. The molecular weight excluding hydrogens is 275 g/mol. The van der Waals surface area contributed by atoms with Gasteiger partial charge in [-0.1, -0.05) is 13.0 Å². The summed E-state index contributed by atoms with van der Waals surface area (Å²) in [4.78, 5) is 10.9. The molecule has 0 atom stereocenters. The molecule has 106 valence electrons. The molecule has 0 radical (unpaired) electrons. The number of benzene rings is 1. The van der Waals surface area contributed by atoms with Gasteiger partial charge in [0.1, 0.15) is 5.82 Å². The number of aromatic carboxylic acids is 1. The van der Waals surface area contributed by atoms with Gasteiger partial charge in [0.25, 0.3) is 0 Å². The Hall–Kier alpha value is -1.67. The van der Waals surface area contributed by atoms with Crippen LogP contribution in [0.15, 0.2) is 18.2 Å². The molecule has 6 nitrogen and oxygen atoms in total. The second-order valence-corrected chi connectivity index (χ2v) is 5.64. The normalized spacial score (nSPS) is 11.3. The quantitative estimate of drug-likeness (QED) is 0.692. The van der Waals surface area contributed by atoms with Gasteiger partial charge < -0.3 is 10.4 Å². The Kier molecular flexibility index (Phi) is 5.25. The van der Waals surface area contributed by atoms with Crippen LogP contribution in [0.25, 0.3) is 0 Å². The number of sulfonamides is 1. The van der Waals surface area contributed by atoms with Gasteiger partial charge in [-0.2, -0.15) is 0 Å². The molecule has 0 saturated heterocycles. The Morgan fingerprint density at radius 3 is 2.68 bits per heavy atom. The number of hydrogen-bond donors (Lipinski definition) is 3. The van der Waals surface area contributed by atoms with Gasteiger partial charge in [-0.3, -0.25) is 0 Å². The molecule has 0 bridgehead atoms. The van der Waals surface area contributed by atoms with Gasteiger partial charge in [0.2, 0.25) is 10.0 Å². The van der Waals surface area contributed by atoms with Crippen molar-refractivity contribution in [3.05, 3.63) is 29.6 Å². The molecule has 0 aliphatic carbocycles.